The van der Waals surface area contributed by atoms with Crippen molar-refractivity contribution in [3.63, 3.8) is 0 Å². The Labute approximate surface area is 118 Å². The Morgan fingerprint density at radius 3 is 2.60 bits per heavy atom. The number of aryl methyl sites for hydroxylation is 2. The van der Waals surface area contributed by atoms with Crippen LogP contribution in [0.15, 0.2) is 10.5 Å². The molecule has 0 unspecified atom stereocenters. The number of hydrogen-bond acceptors (Lipinski definition) is 3. The van der Waals surface area contributed by atoms with Crippen molar-refractivity contribution in [1.82, 2.24) is 0 Å². The predicted octanol–water partition coefficient (Wildman–Crippen LogP) is 4.13. The van der Waals surface area contributed by atoms with E-state index in [4.69, 9.17) is 4.42 Å². The predicted molar refractivity (Wildman–Crippen MR) is 78.6 cm³/mol. The third kappa shape index (κ3) is 1.84. The highest BCUT2D eigenvalue weighted by atomic mass is 16.3. The van der Waals surface area contributed by atoms with Crippen LogP contribution in [-0.2, 0) is 18.3 Å². The lowest BCUT2D eigenvalue weighted by atomic mass is 9.83. The van der Waals surface area contributed by atoms with Gasteiger partial charge in [0.15, 0.2) is 6.29 Å². The second kappa shape index (κ2) is 4.37. The molecule has 0 atom stereocenters. The van der Waals surface area contributed by atoms with E-state index in [1.807, 2.05) is 26.8 Å². The van der Waals surface area contributed by atoms with Crippen LogP contribution in [0.2, 0.25) is 0 Å². The van der Waals surface area contributed by atoms with Gasteiger partial charge in [-0.2, -0.15) is 0 Å². The van der Waals surface area contributed by atoms with Gasteiger partial charge in [-0.15, -0.1) is 0 Å². The van der Waals surface area contributed by atoms with Crippen LogP contribution in [0.1, 0.15) is 60.9 Å². The second-order valence-corrected chi connectivity index (χ2v) is 6.64. The van der Waals surface area contributed by atoms with E-state index >= 15 is 0 Å². The Morgan fingerprint density at radius 2 is 1.95 bits per heavy atom. The third-order valence-electron chi connectivity index (χ3n) is 4.18. The molecule has 0 radical (unpaired) electrons. The first-order valence-corrected chi connectivity index (χ1v) is 7.19. The van der Waals surface area contributed by atoms with Gasteiger partial charge in [0.1, 0.15) is 17.1 Å². The van der Waals surface area contributed by atoms with E-state index in [0.717, 1.165) is 59.8 Å². The zero-order valence-corrected chi connectivity index (χ0v) is 12.2. The molecule has 3 heteroatoms. The van der Waals surface area contributed by atoms with Gasteiger partial charge in [0, 0.05) is 22.9 Å². The van der Waals surface area contributed by atoms with Crippen molar-refractivity contribution in [2.24, 2.45) is 0 Å². The number of rotatable bonds is 1. The SMILES string of the molecule is CC(C)(C)c1cc2oc3c(c2c(C=O)c1O)CCCC3. The normalized spacial score (nSPS) is 15.3. The Morgan fingerprint density at radius 1 is 1.25 bits per heavy atom. The molecule has 20 heavy (non-hydrogen) atoms. The Bertz CT molecular complexity index is 687. The Kier molecular flexibility index (Phi) is 2.89. The van der Waals surface area contributed by atoms with E-state index in [-0.39, 0.29) is 11.2 Å². The van der Waals surface area contributed by atoms with Crippen LogP contribution in [0.25, 0.3) is 11.0 Å². The number of benzene rings is 1. The van der Waals surface area contributed by atoms with Crippen LogP contribution in [0.3, 0.4) is 0 Å². The maximum absolute atomic E-state index is 11.5. The molecule has 3 nitrogen and oxygen atoms in total. The standard InChI is InChI=1S/C17H20O3/c1-17(2,3)12-8-14-15(11(9-18)16(12)19)10-6-4-5-7-13(10)20-14/h8-9,19H,4-7H2,1-3H3. The summed E-state index contributed by atoms with van der Waals surface area (Å²) in [6, 6.07) is 1.90. The summed E-state index contributed by atoms with van der Waals surface area (Å²) in [5, 5.41) is 11.3. The van der Waals surface area contributed by atoms with E-state index in [2.05, 4.69) is 0 Å². The number of aldehydes is 1. The molecule has 0 aliphatic heterocycles. The molecule has 1 aromatic heterocycles. The molecule has 106 valence electrons. The summed E-state index contributed by atoms with van der Waals surface area (Å²) >= 11 is 0. The Balaban J connectivity index is 2.39. The molecule has 1 aliphatic carbocycles. The fraction of sp³-hybridized carbons (Fsp3) is 0.471. The van der Waals surface area contributed by atoms with Crippen molar-refractivity contribution in [2.75, 3.05) is 0 Å². The van der Waals surface area contributed by atoms with Crippen LogP contribution < -0.4 is 0 Å². The minimum absolute atomic E-state index is 0.106. The number of hydrogen-bond donors (Lipinski definition) is 1. The van der Waals surface area contributed by atoms with Crippen LogP contribution in [0.4, 0.5) is 0 Å². The lowest BCUT2D eigenvalue weighted by Crippen LogP contribution is -2.12. The fourth-order valence-electron chi connectivity index (χ4n) is 3.13. The molecule has 3 rings (SSSR count). The number of fused-ring (bicyclic) bond motifs is 3. The molecule has 1 heterocycles. The van der Waals surface area contributed by atoms with Gasteiger partial charge in [-0.25, -0.2) is 0 Å². The highest BCUT2D eigenvalue weighted by Crippen LogP contribution is 2.42. The minimum atomic E-state index is -0.233. The van der Waals surface area contributed by atoms with Crippen molar-refractivity contribution in [1.29, 1.82) is 0 Å². The molecule has 1 N–H and O–H groups in total. The summed E-state index contributed by atoms with van der Waals surface area (Å²) in [4.78, 5) is 11.5. The van der Waals surface area contributed by atoms with Gasteiger partial charge in [-0.1, -0.05) is 20.8 Å². The maximum atomic E-state index is 11.5. The first-order valence-electron chi connectivity index (χ1n) is 7.19. The zero-order valence-electron chi connectivity index (χ0n) is 12.2. The van der Waals surface area contributed by atoms with Gasteiger partial charge in [0.05, 0.1) is 5.56 Å². The van der Waals surface area contributed by atoms with E-state index < -0.39 is 0 Å². The molecule has 1 aromatic carbocycles. The van der Waals surface area contributed by atoms with E-state index in [0.29, 0.717) is 5.56 Å². The lowest BCUT2D eigenvalue weighted by molar-refractivity contribution is 0.112. The molecule has 0 bridgehead atoms. The zero-order chi connectivity index (χ0) is 14.5. The van der Waals surface area contributed by atoms with Crippen molar-refractivity contribution >= 4 is 17.3 Å². The summed E-state index contributed by atoms with van der Waals surface area (Å²) in [6.07, 6.45) is 4.85. The molecule has 0 saturated heterocycles. The molecule has 1 aliphatic rings. The summed E-state index contributed by atoms with van der Waals surface area (Å²) in [5.74, 6) is 1.09. The summed E-state index contributed by atoms with van der Waals surface area (Å²) < 4.78 is 5.95. The Hall–Kier alpha value is -1.77. The van der Waals surface area contributed by atoms with Crippen LogP contribution in [-0.4, -0.2) is 11.4 Å². The molecule has 0 amide bonds. The molecule has 0 fully saturated rings. The largest absolute Gasteiger partial charge is 0.507 e. The number of carbonyl (C=O) groups excluding carboxylic acids is 1. The number of phenols is 1. The highest BCUT2D eigenvalue weighted by Gasteiger charge is 2.27. The van der Waals surface area contributed by atoms with Gasteiger partial charge >= 0.3 is 0 Å². The van der Waals surface area contributed by atoms with E-state index in [1.54, 1.807) is 0 Å². The van der Waals surface area contributed by atoms with Crippen molar-refractivity contribution < 1.29 is 14.3 Å². The molecule has 0 spiro atoms. The molecule has 2 aromatic rings. The van der Waals surface area contributed by atoms with Gasteiger partial charge in [-0.3, -0.25) is 4.79 Å². The number of carbonyl (C=O) groups is 1. The lowest BCUT2D eigenvalue weighted by Gasteiger charge is -2.21. The van der Waals surface area contributed by atoms with Gasteiger partial charge in [0.25, 0.3) is 0 Å². The molecular weight excluding hydrogens is 252 g/mol. The van der Waals surface area contributed by atoms with Crippen LogP contribution in [0, 0.1) is 0 Å². The fourth-order valence-corrected chi connectivity index (χ4v) is 3.13. The number of phenolic OH excluding ortho intramolecular Hbond substituents is 1. The first-order chi connectivity index (χ1) is 9.43. The quantitative estimate of drug-likeness (QED) is 0.794. The van der Waals surface area contributed by atoms with Gasteiger partial charge < -0.3 is 9.52 Å². The van der Waals surface area contributed by atoms with Crippen molar-refractivity contribution in [3.8, 4) is 5.75 Å². The van der Waals surface area contributed by atoms with Crippen LogP contribution in [0.5, 0.6) is 5.75 Å². The average Bonchev–Trinajstić information content (AvgIpc) is 2.75. The first kappa shape index (κ1) is 13.2. The van der Waals surface area contributed by atoms with Crippen molar-refractivity contribution in [2.45, 2.75) is 51.9 Å². The van der Waals surface area contributed by atoms with Crippen LogP contribution >= 0.6 is 0 Å². The average molecular weight is 272 g/mol. The number of aromatic hydroxyl groups is 1. The molecule has 0 saturated carbocycles. The molecular formula is C17H20O3. The monoisotopic (exact) mass is 272 g/mol. The smallest absolute Gasteiger partial charge is 0.154 e. The maximum Gasteiger partial charge on any atom is 0.154 e. The second-order valence-electron chi connectivity index (χ2n) is 6.64. The highest BCUT2D eigenvalue weighted by molar-refractivity contribution is 6.02. The summed E-state index contributed by atoms with van der Waals surface area (Å²) in [7, 11) is 0. The van der Waals surface area contributed by atoms with Gasteiger partial charge in [-0.05, 0) is 30.7 Å². The summed E-state index contributed by atoms with van der Waals surface area (Å²) in [6.45, 7) is 6.06. The van der Waals surface area contributed by atoms with E-state index in [1.165, 1.54) is 0 Å². The third-order valence-corrected chi connectivity index (χ3v) is 4.18. The number of furan rings is 1. The van der Waals surface area contributed by atoms with E-state index in [9.17, 15) is 9.90 Å². The minimum Gasteiger partial charge on any atom is -0.507 e. The van der Waals surface area contributed by atoms with Crippen molar-refractivity contribution in [3.05, 3.63) is 28.5 Å². The summed E-state index contributed by atoms with van der Waals surface area (Å²) in [5.41, 5.74) is 2.77. The topological polar surface area (TPSA) is 50.4 Å². The van der Waals surface area contributed by atoms with Gasteiger partial charge in [0.2, 0.25) is 0 Å².